The van der Waals surface area contributed by atoms with Crippen molar-refractivity contribution in [3.63, 3.8) is 0 Å². The van der Waals surface area contributed by atoms with Crippen LogP contribution in [0, 0.1) is 0 Å². The molecule has 1 heterocycles. The number of halogens is 3. The molecule has 5 heteroatoms. The van der Waals surface area contributed by atoms with Gasteiger partial charge < -0.3 is 0 Å². The van der Waals surface area contributed by atoms with Crippen LogP contribution in [0.4, 0.5) is 13.2 Å². The number of aromatic nitrogens is 1. The van der Waals surface area contributed by atoms with Crippen LogP contribution in [-0.4, -0.2) is 27.5 Å². The predicted octanol–water partition coefficient (Wildman–Crippen LogP) is 0.894. The Hall–Kier alpha value is -0.261. The fraction of sp³-hybridized carbons (Fsp3) is 0.167. The first-order valence-corrected chi connectivity index (χ1v) is 4.18. The van der Waals surface area contributed by atoms with Gasteiger partial charge in [0, 0.05) is 0 Å². The van der Waals surface area contributed by atoms with E-state index in [1.807, 2.05) is 0 Å². The summed E-state index contributed by atoms with van der Waals surface area (Å²) < 4.78 is 36.4. The molecule has 1 aromatic rings. The van der Waals surface area contributed by atoms with Crippen LogP contribution in [0.25, 0.3) is 0 Å². The molecule has 0 amide bonds. The fourth-order valence-corrected chi connectivity index (χ4v) is 0.984. The van der Waals surface area contributed by atoms with Gasteiger partial charge in [0.05, 0.1) is 0 Å². The Balaban J connectivity index is 2.99. The Morgan fingerprint density at radius 1 is 1.27 bits per heavy atom. The van der Waals surface area contributed by atoms with Crippen molar-refractivity contribution in [3.05, 3.63) is 24.0 Å². The Bertz CT molecular complexity index is 241. The van der Waals surface area contributed by atoms with Crippen molar-refractivity contribution in [3.8, 4) is 0 Å². The molecule has 1 aromatic heterocycles. The van der Waals surface area contributed by atoms with Crippen molar-refractivity contribution in [2.24, 2.45) is 0 Å². The minimum absolute atomic E-state index is 0.810. The summed E-state index contributed by atoms with van der Waals surface area (Å²) in [5.41, 5.74) is -0.830. The molecule has 0 saturated heterocycles. The Morgan fingerprint density at radius 3 is 2.27 bits per heavy atom. The summed E-state index contributed by atoms with van der Waals surface area (Å²) in [7, 11) is 0. The van der Waals surface area contributed by atoms with Crippen molar-refractivity contribution in [1.29, 1.82) is 0 Å². The van der Waals surface area contributed by atoms with Crippen LogP contribution in [0.15, 0.2) is 18.3 Å². The summed E-state index contributed by atoms with van der Waals surface area (Å²) in [6.45, 7) is 0. The number of pyridine rings is 1. The summed E-state index contributed by atoms with van der Waals surface area (Å²) in [6, 6.07) is 2.41. The van der Waals surface area contributed by atoms with Crippen molar-refractivity contribution in [2.75, 3.05) is 0 Å². The Labute approximate surface area is 74.7 Å². The van der Waals surface area contributed by atoms with Crippen LogP contribution in [0.3, 0.4) is 0 Å². The standard InChI is InChI=1S/C6H3F3N.Sn/c7-6(8,9)5-3-1-2-4-10-5;/h1,3-4H;. The van der Waals surface area contributed by atoms with Gasteiger partial charge in [0.2, 0.25) is 0 Å². The fourth-order valence-electron chi connectivity index (χ4n) is 0.562. The maximum atomic E-state index is 11.9. The van der Waals surface area contributed by atoms with Crippen LogP contribution in [0.2, 0.25) is 0 Å². The molecule has 0 saturated carbocycles. The number of nitrogens with zero attached hydrogens (tertiary/aromatic N) is 1. The Morgan fingerprint density at radius 2 is 1.91 bits per heavy atom. The van der Waals surface area contributed by atoms with Crippen LogP contribution < -0.4 is 3.58 Å². The molecule has 0 aliphatic carbocycles. The van der Waals surface area contributed by atoms with Gasteiger partial charge in [-0.2, -0.15) is 0 Å². The zero-order chi connectivity index (χ0) is 8.48. The van der Waals surface area contributed by atoms with Gasteiger partial charge >= 0.3 is 74.5 Å². The first-order valence-electron chi connectivity index (χ1n) is 2.75. The van der Waals surface area contributed by atoms with E-state index in [4.69, 9.17) is 0 Å². The Kier molecular flexibility index (Phi) is 2.41. The third kappa shape index (κ3) is 2.35. The zero-order valence-corrected chi connectivity index (χ0v) is 8.17. The number of rotatable bonds is 0. The summed E-state index contributed by atoms with van der Waals surface area (Å²) >= 11 is 1.07. The molecule has 0 aliphatic rings. The molecule has 0 bridgehead atoms. The molecule has 0 N–H and O–H groups in total. The summed E-state index contributed by atoms with van der Waals surface area (Å²) in [5, 5.41) is 0. The van der Waals surface area contributed by atoms with E-state index in [1.165, 1.54) is 12.3 Å². The molecule has 0 atom stereocenters. The second-order valence-electron chi connectivity index (χ2n) is 1.93. The van der Waals surface area contributed by atoms with Crippen molar-refractivity contribution >= 4 is 26.1 Å². The van der Waals surface area contributed by atoms with Crippen LogP contribution in [0.1, 0.15) is 5.69 Å². The molecule has 11 heavy (non-hydrogen) atoms. The van der Waals surface area contributed by atoms with Crippen molar-refractivity contribution in [2.45, 2.75) is 6.18 Å². The van der Waals surface area contributed by atoms with E-state index in [0.29, 0.717) is 0 Å². The number of hydrogen-bond acceptors (Lipinski definition) is 1. The van der Waals surface area contributed by atoms with Gasteiger partial charge in [0.25, 0.3) is 0 Å². The van der Waals surface area contributed by atoms with Gasteiger partial charge in [-0.15, -0.1) is 0 Å². The zero-order valence-electron chi connectivity index (χ0n) is 5.31. The number of hydrogen-bond donors (Lipinski definition) is 0. The maximum absolute atomic E-state index is 11.9. The molecule has 0 aromatic carbocycles. The molecular weight excluding hydrogens is 262 g/mol. The first-order chi connectivity index (χ1) is 5.00. The van der Waals surface area contributed by atoms with Gasteiger partial charge in [0.15, 0.2) is 0 Å². The second kappa shape index (κ2) is 3.00. The molecule has 0 fully saturated rings. The third-order valence-electron chi connectivity index (χ3n) is 1.05. The van der Waals surface area contributed by atoms with E-state index in [1.54, 1.807) is 0 Å². The summed E-state index contributed by atoms with van der Waals surface area (Å²) in [5.74, 6) is 0. The summed E-state index contributed by atoms with van der Waals surface area (Å²) in [6.07, 6.45) is -3.08. The van der Waals surface area contributed by atoms with Crippen LogP contribution in [0.5, 0.6) is 0 Å². The normalized spacial score (nSPS) is 11.6. The minimum atomic E-state index is -4.32. The molecule has 0 spiro atoms. The van der Waals surface area contributed by atoms with Crippen LogP contribution in [-0.2, 0) is 6.18 Å². The van der Waals surface area contributed by atoms with E-state index in [2.05, 4.69) is 4.98 Å². The average Bonchev–Trinajstić information content (AvgIpc) is 1.86. The quantitative estimate of drug-likeness (QED) is 0.635. The second-order valence-corrected chi connectivity index (χ2v) is 3.58. The summed E-state index contributed by atoms with van der Waals surface area (Å²) in [4.78, 5) is 3.25. The molecule has 1 nitrogen and oxygen atoms in total. The molecule has 0 aliphatic heterocycles. The van der Waals surface area contributed by atoms with Gasteiger partial charge in [-0.1, -0.05) is 0 Å². The number of alkyl halides is 3. The van der Waals surface area contributed by atoms with Crippen molar-refractivity contribution in [1.82, 2.24) is 4.98 Å². The monoisotopic (exact) mass is 266 g/mol. The van der Waals surface area contributed by atoms with E-state index < -0.39 is 11.9 Å². The van der Waals surface area contributed by atoms with Gasteiger partial charge in [0.1, 0.15) is 0 Å². The molecule has 1 rings (SSSR count). The van der Waals surface area contributed by atoms with E-state index in [-0.39, 0.29) is 0 Å². The molecular formula is C6H3F3NSn. The van der Waals surface area contributed by atoms with Crippen LogP contribution >= 0.6 is 0 Å². The van der Waals surface area contributed by atoms with E-state index in [9.17, 15) is 13.2 Å². The van der Waals surface area contributed by atoms with Gasteiger partial charge in [-0.25, -0.2) is 0 Å². The molecule has 57 valence electrons. The predicted molar refractivity (Wildman–Crippen MR) is 34.6 cm³/mol. The SMILES string of the molecule is FC(F)(F)c1cc[c]([Sn])cn1. The topological polar surface area (TPSA) is 12.9 Å². The molecule has 0 unspecified atom stereocenters. The van der Waals surface area contributed by atoms with Gasteiger partial charge in [-0.05, 0) is 0 Å². The average molecular weight is 265 g/mol. The molecule has 3 radical (unpaired) electrons. The van der Waals surface area contributed by atoms with Crippen molar-refractivity contribution < 1.29 is 13.2 Å². The first kappa shape index (κ1) is 8.83. The third-order valence-corrected chi connectivity index (χ3v) is 1.90. The van der Waals surface area contributed by atoms with E-state index in [0.717, 1.165) is 32.2 Å². The van der Waals surface area contributed by atoms with Gasteiger partial charge in [-0.3, -0.25) is 0 Å². The van der Waals surface area contributed by atoms with E-state index >= 15 is 0 Å².